The predicted octanol–water partition coefficient (Wildman–Crippen LogP) is 0.458. The Morgan fingerprint density at radius 2 is 2.33 bits per heavy atom. The molecular weight excluding hydrogens is 202 g/mol. The molecule has 3 N–H and O–H groups in total. The van der Waals surface area contributed by atoms with Gasteiger partial charge in [0, 0.05) is 0 Å². The highest BCUT2D eigenvalue weighted by Gasteiger charge is 2.19. The molecule has 8 nitrogen and oxygen atoms in total. The van der Waals surface area contributed by atoms with Gasteiger partial charge < -0.3 is 4.74 Å². The minimum atomic E-state index is -0.613. The lowest BCUT2D eigenvalue weighted by molar-refractivity contribution is -0.386. The van der Waals surface area contributed by atoms with Crippen LogP contribution in [0.3, 0.4) is 0 Å². The number of nitrogens with one attached hydrogen (secondary N) is 1. The van der Waals surface area contributed by atoms with Crippen molar-refractivity contribution in [2.24, 2.45) is 5.84 Å². The lowest BCUT2D eigenvalue weighted by Crippen LogP contribution is -2.14. The van der Waals surface area contributed by atoms with Gasteiger partial charge in [-0.05, 0) is 13.8 Å². The maximum absolute atomic E-state index is 10.6. The monoisotopic (exact) mass is 213 g/mol. The minimum Gasteiger partial charge on any atom is -0.470 e. The summed E-state index contributed by atoms with van der Waals surface area (Å²) in [7, 11) is 0. The molecule has 0 fully saturated rings. The van der Waals surface area contributed by atoms with Crippen molar-refractivity contribution < 1.29 is 9.66 Å². The van der Waals surface area contributed by atoms with E-state index in [-0.39, 0.29) is 23.6 Å². The average Bonchev–Trinajstić information content (AvgIpc) is 2.16. The van der Waals surface area contributed by atoms with Crippen LogP contribution in [0.4, 0.5) is 11.6 Å². The van der Waals surface area contributed by atoms with Crippen molar-refractivity contribution in [3.05, 3.63) is 16.3 Å². The van der Waals surface area contributed by atoms with E-state index in [4.69, 9.17) is 10.6 Å². The van der Waals surface area contributed by atoms with Gasteiger partial charge in [0.25, 0.3) is 5.88 Å². The molecule has 8 heteroatoms. The third-order valence-electron chi connectivity index (χ3n) is 1.41. The lowest BCUT2D eigenvalue weighted by atomic mass is 10.4. The van der Waals surface area contributed by atoms with Gasteiger partial charge in [-0.1, -0.05) is 0 Å². The van der Waals surface area contributed by atoms with E-state index in [9.17, 15) is 10.1 Å². The van der Waals surface area contributed by atoms with Crippen LogP contribution in [0.1, 0.15) is 13.8 Å². The third kappa shape index (κ3) is 2.74. The Hall–Kier alpha value is -1.96. The topological polar surface area (TPSA) is 116 Å². The number of aromatic nitrogens is 2. The molecule has 0 spiro atoms. The standard InChI is InChI=1S/C7H11N5O3/c1-4(2)15-6-5(12(13)14)3-9-7(10-6)11-8/h3-4H,8H2,1-2H3,(H,9,10,11). The maximum atomic E-state index is 10.6. The van der Waals surface area contributed by atoms with E-state index in [1.165, 1.54) is 0 Å². The summed E-state index contributed by atoms with van der Waals surface area (Å²) >= 11 is 0. The number of hydrogen-bond donors (Lipinski definition) is 2. The van der Waals surface area contributed by atoms with Crippen molar-refractivity contribution in [2.75, 3.05) is 5.43 Å². The second-order valence-electron chi connectivity index (χ2n) is 2.95. The molecule has 1 rings (SSSR count). The van der Waals surface area contributed by atoms with Crippen molar-refractivity contribution in [1.29, 1.82) is 0 Å². The van der Waals surface area contributed by atoms with E-state index in [1.54, 1.807) is 13.8 Å². The zero-order valence-corrected chi connectivity index (χ0v) is 8.30. The minimum absolute atomic E-state index is 0.0660. The number of ether oxygens (including phenoxy) is 1. The molecule has 0 aliphatic carbocycles. The molecule has 15 heavy (non-hydrogen) atoms. The summed E-state index contributed by atoms with van der Waals surface area (Å²) in [6, 6.07) is 0. The number of nitrogens with two attached hydrogens (primary N) is 1. The Bertz CT molecular complexity index is 368. The SMILES string of the molecule is CC(C)Oc1nc(NN)ncc1[N+](=O)[O-]. The second kappa shape index (κ2) is 4.51. The number of nitrogens with zero attached hydrogens (tertiary/aromatic N) is 3. The predicted molar refractivity (Wildman–Crippen MR) is 52.3 cm³/mol. The Kier molecular flexibility index (Phi) is 3.34. The van der Waals surface area contributed by atoms with Gasteiger partial charge in [0.2, 0.25) is 5.95 Å². The van der Waals surface area contributed by atoms with Crippen LogP contribution in [0.5, 0.6) is 5.88 Å². The summed E-state index contributed by atoms with van der Waals surface area (Å²) in [5.41, 5.74) is 1.89. The summed E-state index contributed by atoms with van der Waals surface area (Å²) in [6.07, 6.45) is 0.823. The van der Waals surface area contributed by atoms with E-state index < -0.39 is 4.92 Å². The molecule has 0 aromatic carbocycles. The zero-order chi connectivity index (χ0) is 11.4. The number of anilines is 1. The van der Waals surface area contributed by atoms with Crippen LogP contribution in [0, 0.1) is 10.1 Å². The molecule has 1 aromatic heterocycles. The summed E-state index contributed by atoms with van der Waals surface area (Å²) in [5, 5.41) is 10.6. The molecule has 0 amide bonds. The van der Waals surface area contributed by atoms with E-state index in [2.05, 4.69) is 15.4 Å². The molecule has 0 saturated carbocycles. The second-order valence-corrected chi connectivity index (χ2v) is 2.95. The van der Waals surface area contributed by atoms with Crippen LogP contribution in [-0.4, -0.2) is 21.0 Å². The van der Waals surface area contributed by atoms with Gasteiger partial charge >= 0.3 is 5.69 Å². The Morgan fingerprint density at radius 1 is 1.67 bits per heavy atom. The summed E-state index contributed by atoms with van der Waals surface area (Å²) < 4.78 is 5.16. The van der Waals surface area contributed by atoms with Crippen molar-refractivity contribution in [3.63, 3.8) is 0 Å². The first-order chi connectivity index (χ1) is 7.04. The first-order valence-corrected chi connectivity index (χ1v) is 4.19. The van der Waals surface area contributed by atoms with Crippen LogP contribution in [-0.2, 0) is 0 Å². The summed E-state index contributed by atoms with van der Waals surface area (Å²) in [5.74, 6) is 5.04. The zero-order valence-electron chi connectivity index (χ0n) is 8.30. The van der Waals surface area contributed by atoms with E-state index in [1.807, 2.05) is 0 Å². The Balaban J connectivity index is 3.10. The highest BCUT2D eigenvalue weighted by Crippen LogP contribution is 2.24. The first kappa shape index (κ1) is 11.1. The fourth-order valence-corrected chi connectivity index (χ4v) is 0.865. The fraction of sp³-hybridized carbons (Fsp3) is 0.429. The van der Waals surface area contributed by atoms with Crippen LogP contribution < -0.4 is 16.0 Å². The van der Waals surface area contributed by atoms with Crippen molar-refractivity contribution >= 4 is 11.6 Å². The summed E-state index contributed by atoms with van der Waals surface area (Å²) in [6.45, 7) is 3.47. The highest BCUT2D eigenvalue weighted by molar-refractivity contribution is 5.42. The quantitative estimate of drug-likeness (QED) is 0.423. The number of hydrazine groups is 1. The number of rotatable bonds is 4. The largest absolute Gasteiger partial charge is 0.470 e. The van der Waals surface area contributed by atoms with Gasteiger partial charge in [0.05, 0.1) is 11.0 Å². The Morgan fingerprint density at radius 3 is 2.80 bits per heavy atom. The molecule has 1 heterocycles. The fourth-order valence-electron chi connectivity index (χ4n) is 0.865. The van der Waals surface area contributed by atoms with Crippen molar-refractivity contribution in [1.82, 2.24) is 9.97 Å². The third-order valence-corrected chi connectivity index (χ3v) is 1.41. The molecule has 0 saturated heterocycles. The molecular formula is C7H11N5O3. The van der Waals surface area contributed by atoms with Crippen LogP contribution in [0.2, 0.25) is 0 Å². The number of nitrogen functional groups attached to an aromatic ring is 1. The smallest absolute Gasteiger partial charge is 0.349 e. The maximum Gasteiger partial charge on any atom is 0.349 e. The van der Waals surface area contributed by atoms with Gasteiger partial charge in [-0.3, -0.25) is 15.5 Å². The van der Waals surface area contributed by atoms with E-state index >= 15 is 0 Å². The molecule has 0 unspecified atom stereocenters. The first-order valence-electron chi connectivity index (χ1n) is 4.19. The van der Waals surface area contributed by atoms with Crippen molar-refractivity contribution in [3.8, 4) is 5.88 Å². The van der Waals surface area contributed by atoms with Gasteiger partial charge in [-0.15, -0.1) is 0 Å². The molecule has 1 aromatic rings. The number of hydrogen-bond acceptors (Lipinski definition) is 7. The molecule has 0 aliphatic rings. The van der Waals surface area contributed by atoms with E-state index in [0.29, 0.717) is 0 Å². The van der Waals surface area contributed by atoms with Crippen LogP contribution in [0.25, 0.3) is 0 Å². The van der Waals surface area contributed by atoms with Gasteiger partial charge in [0.15, 0.2) is 0 Å². The van der Waals surface area contributed by atoms with Crippen molar-refractivity contribution in [2.45, 2.75) is 20.0 Å². The van der Waals surface area contributed by atoms with Crippen LogP contribution >= 0.6 is 0 Å². The van der Waals surface area contributed by atoms with Gasteiger partial charge in [-0.25, -0.2) is 10.8 Å². The molecule has 82 valence electrons. The van der Waals surface area contributed by atoms with Crippen LogP contribution in [0.15, 0.2) is 6.20 Å². The van der Waals surface area contributed by atoms with Gasteiger partial charge in [-0.2, -0.15) is 4.98 Å². The van der Waals surface area contributed by atoms with E-state index in [0.717, 1.165) is 6.20 Å². The molecule has 0 bridgehead atoms. The number of nitro groups is 1. The molecule has 0 radical (unpaired) electrons. The molecule has 0 aliphatic heterocycles. The Labute approximate surface area is 85.6 Å². The molecule has 0 atom stereocenters. The lowest BCUT2D eigenvalue weighted by Gasteiger charge is -2.09. The highest BCUT2D eigenvalue weighted by atomic mass is 16.6. The normalized spacial score (nSPS) is 10.1. The van der Waals surface area contributed by atoms with Gasteiger partial charge in [0.1, 0.15) is 6.20 Å². The summed E-state index contributed by atoms with van der Waals surface area (Å²) in [4.78, 5) is 17.3. The average molecular weight is 213 g/mol.